The van der Waals surface area contributed by atoms with Crippen molar-refractivity contribution in [1.29, 1.82) is 0 Å². The van der Waals surface area contributed by atoms with Crippen LogP contribution in [0.3, 0.4) is 0 Å². The average Bonchev–Trinajstić information content (AvgIpc) is 2.06. The zero-order valence-electron chi connectivity index (χ0n) is 6.49. The maximum absolute atomic E-state index is 9.06. The summed E-state index contributed by atoms with van der Waals surface area (Å²) in [6, 6.07) is 0. The summed E-state index contributed by atoms with van der Waals surface area (Å²) in [5.41, 5.74) is 0. The van der Waals surface area contributed by atoms with E-state index in [1.807, 2.05) is 5.01 Å². The van der Waals surface area contributed by atoms with Crippen molar-refractivity contribution in [1.82, 2.24) is 10.2 Å². The molecular formula is C5H13N2O3P. The first-order valence-corrected chi connectivity index (χ1v) is 4.66. The Morgan fingerprint density at radius 3 is 2.73 bits per heavy atom. The van der Waals surface area contributed by atoms with E-state index in [-0.39, 0.29) is 0 Å². The van der Waals surface area contributed by atoms with Gasteiger partial charge in [-0.15, -0.1) is 0 Å². The largest absolute Gasteiger partial charge is 0.379 e. The first-order chi connectivity index (χ1) is 5.33. The predicted molar refractivity (Wildman–Crippen MR) is 41.7 cm³/mol. The van der Waals surface area contributed by atoms with E-state index < -0.39 is 8.53 Å². The van der Waals surface area contributed by atoms with E-state index in [0.29, 0.717) is 13.2 Å². The van der Waals surface area contributed by atoms with Gasteiger partial charge in [0.15, 0.2) is 0 Å². The number of nitrogens with one attached hydrogen (secondary N) is 1. The number of hydrogen-bond acceptors (Lipinski definition) is 5. The lowest BCUT2D eigenvalue weighted by molar-refractivity contribution is 0.0244. The third-order valence-corrected chi connectivity index (χ3v) is 2.21. The fourth-order valence-electron chi connectivity index (χ4n) is 0.825. The molecule has 1 aliphatic rings. The number of rotatable bonds is 3. The van der Waals surface area contributed by atoms with Gasteiger partial charge >= 0.3 is 0 Å². The number of hydrogen-bond donors (Lipinski definition) is 2. The van der Waals surface area contributed by atoms with Gasteiger partial charge < -0.3 is 14.2 Å². The molecule has 0 aromatic rings. The first kappa shape index (κ1) is 9.32. The summed E-state index contributed by atoms with van der Waals surface area (Å²) in [6.45, 7) is 3.01. The summed E-state index contributed by atoms with van der Waals surface area (Å²) in [4.78, 5) is 9.06. The van der Waals surface area contributed by atoms with Crippen LogP contribution in [0, 0.1) is 0 Å². The van der Waals surface area contributed by atoms with Crippen molar-refractivity contribution in [3.05, 3.63) is 0 Å². The number of hydrazine groups is 1. The van der Waals surface area contributed by atoms with E-state index in [1.165, 1.54) is 7.11 Å². The molecule has 0 amide bonds. The number of morpholine rings is 1. The molecule has 6 heteroatoms. The Morgan fingerprint density at radius 2 is 2.18 bits per heavy atom. The maximum Gasteiger partial charge on any atom is 0.267 e. The van der Waals surface area contributed by atoms with Gasteiger partial charge in [0, 0.05) is 20.2 Å². The van der Waals surface area contributed by atoms with E-state index in [4.69, 9.17) is 9.63 Å². The maximum atomic E-state index is 9.06. The minimum absolute atomic E-state index is 0.708. The normalized spacial score (nSPS) is 23.5. The first-order valence-electron chi connectivity index (χ1n) is 3.45. The van der Waals surface area contributed by atoms with E-state index in [0.717, 1.165) is 13.1 Å². The van der Waals surface area contributed by atoms with Crippen LogP contribution in [-0.2, 0) is 9.26 Å². The highest BCUT2D eigenvalue weighted by atomic mass is 31.2. The Morgan fingerprint density at radius 1 is 1.55 bits per heavy atom. The molecule has 5 nitrogen and oxygen atoms in total. The van der Waals surface area contributed by atoms with Crippen molar-refractivity contribution in [3.63, 3.8) is 0 Å². The van der Waals surface area contributed by atoms with E-state index in [1.54, 1.807) is 0 Å². The number of ether oxygens (including phenoxy) is 1. The zero-order chi connectivity index (χ0) is 8.10. The van der Waals surface area contributed by atoms with Gasteiger partial charge in [0.05, 0.1) is 13.2 Å². The molecular weight excluding hydrogens is 167 g/mol. The lowest BCUT2D eigenvalue weighted by Gasteiger charge is -2.27. The van der Waals surface area contributed by atoms with Crippen LogP contribution in [0.25, 0.3) is 0 Å². The molecule has 1 unspecified atom stereocenters. The highest BCUT2D eigenvalue weighted by molar-refractivity contribution is 7.43. The predicted octanol–water partition coefficient (Wildman–Crippen LogP) is -0.311. The zero-order valence-corrected chi connectivity index (χ0v) is 7.38. The Hall–Kier alpha value is 0.230. The van der Waals surface area contributed by atoms with Crippen molar-refractivity contribution in [2.24, 2.45) is 0 Å². The minimum atomic E-state index is -1.48. The average molecular weight is 180 g/mol. The summed E-state index contributed by atoms with van der Waals surface area (Å²) >= 11 is 0. The molecule has 66 valence electrons. The van der Waals surface area contributed by atoms with Crippen LogP contribution in [0.5, 0.6) is 0 Å². The van der Waals surface area contributed by atoms with Gasteiger partial charge in [-0.3, -0.25) is 0 Å². The molecule has 0 aliphatic carbocycles. The van der Waals surface area contributed by atoms with Crippen molar-refractivity contribution in [3.8, 4) is 0 Å². The van der Waals surface area contributed by atoms with Crippen LogP contribution < -0.4 is 5.20 Å². The molecule has 0 bridgehead atoms. The van der Waals surface area contributed by atoms with Gasteiger partial charge in [0.1, 0.15) is 0 Å². The highest BCUT2D eigenvalue weighted by Crippen LogP contribution is 2.24. The lowest BCUT2D eigenvalue weighted by atomic mass is 10.5. The van der Waals surface area contributed by atoms with Gasteiger partial charge in [-0.2, -0.15) is 5.20 Å². The molecule has 0 aromatic heterocycles. The molecule has 0 aromatic carbocycles. The molecule has 2 N–H and O–H groups in total. The van der Waals surface area contributed by atoms with Crippen LogP contribution in [0.2, 0.25) is 0 Å². The van der Waals surface area contributed by atoms with Crippen molar-refractivity contribution in [2.45, 2.75) is 0 Å². The molecule has 0 spiro atoms. The fraction of sp³-hybridized carbons (Fsp3) is 1.00. The molecule has 1 heterocycles. The second-order valence-electron chi connectivity index (χ2n) is 2.15. The smallest absolute Gasteiger partial charge is 0.267 e. The second-order valence-corrected chi connectivity index (χ2v) is 3.27. The van der Waals surface area contributed by atoms with Gasteiger partial charge in [0.25, 0.3) is 8.53 Å². The molecule has 0 saturated carbocycles. The fourth-order valence-corrected chi connectivity index (χ4v) is 1.35. The van der Waals surface area contributed by atoms with E-state index in [9.17, 15) is 0 Å². The van der Waals surface area contributed by atoms with Gasteiger partial charge in [-0.25, -0.2) is 5.01 Å². The number of nitrogens with zero attached hydrogens (tertiary/aromatic N) is 1. The SMILES string of the molecule is COP(O)NN1CCOCC1. The van der Waals surface area contributed by atoms with Gasteiger partial charge in [-0.1, -0.05) is 0 Å². The summed E-state index contributed by atoms with van der Waals surface area (Å²) in [6.07, 6.45) is 0. The van der Waals surface area contributed by atoms with E-state index >= 15 is 0 Å². The molecule has 1 saturated heterocycles. The summed E-state index contributed by atoms with van der Waals surface area (Å²) in [7, 11) is -0.00945. The van der Waals surface area contributed by atoms with Gasteiger partial charge in [0.2, 0.25) is 0 Å². The lowest BCUT2D eigenvalue weighted by Crippen LogP contribution is -2.43. The Balaban J connectivity index is 2.13. The summed E-state index contributed by atoms with van der Waals surface area (Å²) < 4.78 is 9.80. The topological polar surface area (TPSA) is 54.0 Å². The second kappa shape index (κ2) is 4.98. The van der Waals surface area contributed by atoms with Crippen LogP contribution in [-0.4, -0.2) is 43.3 Å². The Bertz CT molecular complexity index is 110. The summed E-state index contributed by atoms with van der Waals surface area (Å²) in [5, 5.41) is 4.72. The third-order valence-electron chi connectivity index (χ3n) is 1.41. The monoisotopic (exact) mass is 180 g/mol. The Kier molecular flexibility index (Phi) is 4.22. The van der Waals surface area contributed by atoms with Gasteiger partial charge in [-0.05, 0) is 0 Å². The highest BCUT2D eigenvalue weighted by Gasteiger charge is 2.13. The van der Waals surface area contributed by atoms with E-state index in [2.05, 4.69) is 9.72 Å². The van der Waals surface area contributed by atoms with Crippen LogP contribution in [0.1, 0.15) is 0 Å². The quantitative estimate of drug-likeness (QED) is 0.583. The molecule has 1 rings (SSSR count). The molecule has 1 aliphatic heterocycles. The molecule has 1 fully saturated rings. The summed E-state index contributed by atoms with van der Waals surface area (Å²) in [5.74, 6) is 0. The minimum Gasteiger partial charge on any atom is -0.379 e. The standard InChI is InChI=1S/C5H13N2O3P/c1-9-11(8)6-7-2-4-10-5-3-7/h6,8H,2-5H2,1H3. The Labute approximate surface area is 67.2 Å². The van der Waals surface area contributed by atoms with Crippen molar-refractivity contribution < 1.29 is 14.2 Å². The van der Waals surface area contributed by atoms with Crippen molar-refractivity contribution >= 4 is 8.53 Å². The third kappa shape index (κ3) is 3.42. The van der Waals surface area contributed by atoms with Crippen LogP contribution >= 0.6 is 8.53 Å². The van der Waals surface area contributed by atoms with Crippen LogP contribution in [0.15, 0.2) is 0 Å². The molecule has 11 heavy (non-hydrogen) atoms. The van der Waals surface area contributed by atoms with Crippen molar-refractivity contribution in [2.75, 3.05) is 33.4 Å². The van der Waals surface area contributed by atoms with Crippen LogP contribution in [0.4, 0.5) is 0 Å². The molecule has 0 radical (unpaired) electrons. The molecule has 1 atom stereocenters.